The lowest BCUT2D eigenvalue weighted by molar-refractivity contribution is 0.431. The van der Waals surface area contributed by atoms with Gasteiger partial charge >= 0.3 is 0 Å². The van der Waals surface area contributed by atoms with E-state index in [-0.39, 0.29) is 6.04 Å². The van der Waals surface area contributed by atoms with Crippen LogP contribution in [0.2, 0.25) is 0 Å². The Bertz CT molecular complexity index is 540. The first-order chi connectivity index (χ1) is 10.2. The fourth-order valence-corrected chi connectivity index (χ4v) is 2.37. The highest BCUT2D eigenvalue weighted by molar-refractivity contribution is 5.20. The molecule has 0 spiro atoms. The molecule has 0 aliphatic heterocycles. The van der Waals surface area contributed by atoms with Crippen molar-refractivity contribution < 1.29 is 13.2 Å². The first-order valence-electron chi connectivity index (χ1n) is 7.39. The second-order valence-electron chi connectivity index (χ2n) is 5.19. The lowest BCUT2D eigenvalue weighted by atomic mass is 10.0. The van der Waals surface area contributed by atoms with Crippen molar-refractivity contribution in [1.29, 1.82) is 0 Å². The SMILES string of the molecule is CCCNC(CCc1ccco1)Cc1cccc(F)c1F. The largest absolute Gasteiger partial charge is 0.469 e. The van der Waals surface area contributed by atoms with E-state index in [9.17, 15) is 8.78 Å². The summed E-state index contributed by atoms with van der Waals surface area (Å²) in [7, 11) is 0. The fourth-order valence-electron chi connectivity index (χ4n) is 2.37. The molecule has 2 rings (SSSR count). The summed E-state index contributed by atoms with van der Waals surface area (Å²) in [6, 6.07) is 8.24. The van der Waals surface area contributed by atoms with E-state index in [0.717, 1.165) is 37.6 Å². The van der Waals surface area contributed by atoms with E-state index in [1.807, 2.05) is 12.1 Å². The van der Waals surface area contributed by atoms with Crippen molar-refractivity contribution in [1.82, 2.24) is 5.32 Å². The monoisotopic (exact) mass is 293 g/mol. The number of hydrogen-bond donors (Lipinski definition) is 1. The van der Waals surface area contributed by atoms with Crippen molar-refractivity contribution in [2.75, 3.05) is 6.54 Å². The predicted molar refractivity (Wildman–Crippen MR) is 79.2 cm³/mol. The summed E-state index contributed by atoms with van der Waals surface area (Å²) in [4.78, 5) is 0. The molecule has 1 aromatic carbocycles. The van der Waals surface area contributed by atoms with Crippen LogP contribution in [0.4, 0.5) is 8.78 Å². The van der Waals surface area contributed by atoms with Gasteiger partial charge in [0.1, 0.15) is 5.76 Å². The standard InChI is InChI=1S/C17H21F2NO/c1-2-10-20-14(8-9-15-6-4-11-21-15)12-13-5-3-7-16(18)17(13)19/h3-7,11,14,20H,2,8-10,12H2,1H3. The van der Waals surface area contributed by atoms with Crippen LogP contribution in [0.5, 0.6) is 0 Å². The lowest BCUT2D eigenvalue weighted by Crippen LogP contribution is -2.32. The third kappa shape index (κ3) is 4.67. The van der Waals surface area contributed by atoms with E-state index in [1.165, 1.54) is 0 Å². The van der Waals surface area contributed by atoms with Crippen molar-refractivity contribution >= 4 is 0 Å². The van der Waals surface area contributed by atoms with Crippen LogP contribution in [-0.2, 0) is 12.8 Å². The van der Waals surface area contributed by atoms with Gasteiger partial charge in [-0.3, -0.25) is 0 Å². The van der Waals surface area contributed by atoms with Gasteiger partial charge in [0.05, 0.1) is 6.26 Å². The number of nitrogens with one attached hydrogen (secondary N) is 1. The maximum atomic E-state index is 13.8. The molecule has 0 fully saturated rings. The molecule has 1 atom stereocenters. The predicted octanol–water partition coefficient (Wildman–Crippen LogP) is 4.10. The molecule has 1 N–H and O–H groups in total. The number of furan rings is 1. The van der Waals surface area contributed by atoms with Crippen molar-refractivity contribution in [2.45, 2.75) is 38.6 Å². The van der Waals surface area contributed by atoms with Crippen molar-refractivity contribution in [3.8, 4) is 0 Å². The lowest BCUT2D eigenvalue weighted by Gasteiger charge is -2.18. The van der Waals surface area contributed by atoms with Gasteiger partial charge in [0, 0.05) is 12.5 Å². The quantitative estimate of drug-likeness (QED) is 0.792. The first-order valence-corrected chi connectivity index (χ1v) is 7.39. The average molecular weight is 293 g/mol. The summed E-state index contributed by atoms with van der Waals surface area (Å²) in [5.41, 5.74) is 0.419. The smallest absolute Gasteiger partial charge is 0.162 e. The Kier molecular flexibility index (Phi) is 5.93. The van der Waals surface area contributed by atoms with Crippen LogP contribution in [0.15, 0.2) is 41.0 Å². The van der Waals surface area contributed by atoms with Gasteiger partial charge in [0.15, 0.2) is 11.6 Å². The summed E-state index contributed by atoms with van der Waals surface area (Å²) < 4.78 is 32.4. The maximum Gasteiger partial charge on any atom is 0.162 e. The Labute approximate surface area is 124 Å². The Morgan fingerprint density at radius 1 is 1.19 bits per heavy atom. The molecule has 1 unspecified atom stereocenters. The normalized spacial score (nSPS) is 12.5. The Hall–Kier alpha value is -1.68. The molecule has 0 aliphatic rings. The number of rotatable bonds is 8. The Morgan fingerprint density at radius 2 is 2.05 bits per heavy atom. The van der Waals surface area contributed by atoms with E-state index in [1.54, 1.807) is 18.4 Å². The molecule has 1 aromatic heterocycles. The molecule has 21 heavy (non-hydrogen) atoms. The van der Waals surface area contributed by atoms with Crippen LogP contribution >= 0.6 is 0 Å². The van der Waals surface area contributed by atoms with E-state index in [0.29, 0.717) is 12.0 Å². The summed E-state index contributed by atoms with van der Waals surface area (Å²) in [5, 5.41) is 3.40. The molecule has 0 aliphatic carbocycles. The first kappa shape index (κ1) is 15.7. The van der Waals surface area contributed by atoms with Gasteiger partial charge in [-0.1, -0.05) is 19.1 Å². The second-order valence-corrected chi connectivity index (χ2v) is 5.19. The molecule has 0 radical (unpaired) electrons. The van der Waals surface area contributed by atoms with Gasteiger partial charge < -0.3 is 9.73 Å². The third-order valence-corrected chi connectivity index (χ3v) is 3.50. The highest BCUT2D eigenvalue weighted by Gasteiger charge is 2.14. The summed E-state index contributed by atoms with van der Waals surface area (Å²) in [6.07, 6.45) is 4.73. The zero-order valence-electron chi connectivity index (χ0n) is 12.2. The Balaban J connectivity index is 1.99. The van der Waals surface area contributed by atoms with Crippen molar-refractivity contribution in [3.63, 3.8) is 0 Å². The van der Waals surface area contributed by atoms with Crippen LogP contribution in [-0.4, -0.2) is 12.6 Å². The maximum absolute atomic E-state index is 13.8. The van der Waals surface area contributed by atoms with E-state index in [2.05, 4.69) is 12.2 Å². The summed E-state index contributed by atoms with van der Waals surface area (Å²) in [6.45, 7) is 2.94. The third-order valence-electron chi connectivity index (χ3n) is 3.50. The minimum atomic E-state index is -0.784. The molecule has 0 bridgehead atoms. The van der Waals surface area contributed by atoms with Crippen molar-refractivity contribution in [3.05, 3.63) is 59.6 Å². The number of benzene rings is 1. The average Bonchev–Trinajstić information content (AvgIpc) is 2.99. The van der Waals surface area contributed by atoms with Gasteiger partial charge in [0.2, 0.25) is 0 Å². The minimum absolute atomic E-state index is 0.103. The van der Waals surface area contributed by atoms with Crippen LogP contribution in [0.3, 0.4) is 0 Å². The van der Waals surface area contributed by atoms with E-state index in [4.69, 9.17) is 4.42 Å². The number of halogens is 2. The van der Waals surface area contributed by atoms with Crippen LogP contribution in [0.1, 0.15) is 31.1 Å². The minimum Gasteiger partial charge on any atom is -0.469 e. The Morgan fingerprint density at radius 3 is 2.76 bits per heavy atom. The summed E-state index contributed by atoms with van der Waals surface area (Å²) >= 11 is 0. The van der Waals surface area contributed by atoms with Crippen LogP contribution in [0.25, 0.3) is 0 Å². The summed E-state index contributed by atoms with van der Waals surface area (Å²) in [5.74, 6) is -0.607. The molecule has 2 nitrogen and oxygen atoms in total. The number of hydrogen-bond acceptors (Lipinski definition) is 2. The highest BCUT2D eigenvalue weighted by Crippen LogP contribution is 2.16. The van der Waals surface area contributed by atoms with Crippen LogP contribution in [0, 0.1) is 11.6 Å². The zero-order chi connectivity index (χ0) is 15.1. The topological polar surface area (TPSA) is 25.2 Å². The number of aryl methyl sites for hydroxylation is 1. The van der Waals surface area contributed by atoms with Gasteiger partial charge in [0.25, 0.3) is 0 Å². The molecule has 114 valence electrons. The van der Waals surface area contributed by atoms with E-state index < -0.39 is 11.6 Å². The highest BCUT2D eigenvalue weighted by atomic mass is 19.2. The van der Waals surface area contributed by atoms with Gasteiger partial charge in [-0.2, -0.15) is 0 Å². The van der Waals surface area contributed by atoms with Crippen LogP contribution < -0.4 is 5.32 Å². The second kappa shape index (κ2) is 7.93. The molecular formula is C17H21F2NO. The van der Waals surface area contributed by atoms with Crippen molar-refractivity contribution in [2.24, 2.45) is 0 Å². The molecule has 0 amide bonds. The van der Waals surface area contributed by atoms with E-state index >= 15 is 0 Å². The molecule has 0 saturated carbocycles. The fraction of sp³-hybridized carbons (Fsp3) is 0.412. The van der Waals surface area contributed by atoms with Gasteiger partial charge in [-0.15, -0.1) is 0 Å². The van der Waals surface area contributed by atoms with Gasteiger partial charge in [-0.05, 0) is 49.6 Å². The zero-order valence-corrected chi connectivity index (χ0v) is 12.2. The molecule has 1 heterocycles. The molecule has 2 aromatic rings. The molecule has 4 heteroatoms. The van der Waals surface area contributed by atoms with Gasteiger partial charge in [-0.25, -0.2) is 8.78 Å². The molecule has 0 saturated heterocycles. The molecular weight excluding hydrogens is 272 g/mol.